The normalized spacial score (nSPS) is 14.8. The largest absolute Gasteiger partial charge is 0.283 e. The van der Waals surface area contributed by atoms with Crippen molar-refractivity contribution in [2.24, 2.45) is 0 Å². The van der Waals surface area contributed by atoms with Gasteiger partial charge in [0.15, 0.2) is 0 Å². The van der Waals surface area contributed by atoms with Crippen LogP contribution in [0.25, 0.3) is 0 Å². The molecule has 1 heterocycles. The minimum absolute atomic E-state index is 0.192. The van der Waals surface area contributed by atoms with Gasteiger partial charge in [0.1, 0.15) is 4.90 Å². The van der Waals surface area contributed by atoms with Gasteiger partial charge >= 0.3 is 0 Å². The molecule has 0 bridgehead atoms. The maximum Gasteiger partial charge on any atom is 0.265 e. The fourth-order valence-corrected chi connectivity index (χ4v) is 6.35. The molecule has 0 amide bonds. The van der Waals surface area contributed by atoms with Crippen molar-refractivity contribution in [3.63, 3.8) is 0 Å². The lowest BCUT2D eigenvalue weighted by molar-refractivity contribution is 0.586. The lowest BCUT2D eigenvalue weighted by atomic mass is 10.0. The fraction of sp³-hybridized carbons (Fsp3) is 0.294. The van der Waals surface area contributed by atoms with Gasteiger partial charge in [-0.2, -0.15) is 0 Å². The summed E-state index contributed by atoms with van der Waals surface area (Å²) in [6.45, 7) is 2.23. The molecule has 0 unspecified atom stereocenters. The van der Waals surface area contributed by atoms with E-state index in [1.165, 1.54) is 4.31 Å². The fourth-order valence-electron chi connectivity index (χ4n) is 3.07. The van der Waals surface area contributed by atoms with Crippen LogP contribution < -0.4 is 9.03 Å². The van der Waals surface area contributed by atoms with Gasteiger partial charge in [-0.05, 0) is 65.5 Å². The lowest BCUT2D eigenvalue weighted by Gasteiger charge is -2.32. The molecule has 26 heavy (non-hydrogen) atoms. The smallest absolute Gasteiger partial charge is 0.265 e. The minimum Gasteiger partial charge on any atom is -0.283 e. The molecule has 6 nitrogen and oxygen atoms in total. The van der Waals surface area contributed by atoms with Crippen LogP contribution in [0, 0.1) is 6.92 Å². The Labute approximate surface area is 162 Å². The Morgan fingerprint density at radius 2 is 1.85 bits per heavy atom. The number of rotatable bonds is 4. The number of fused-ring (bicyclic) bond motifs is 1. The number of hydrogen-bond donors (Lipinski definition) is 1. The van der Waals surface area contributed by atoms with Crippen LogP contribution in [0.2, 0.25) is 0 Å². The molecule has 2 aromatic rings. The number of halogens is 1. The number of hydrogen-bond acceptors (Lipinski definition) is 4. The highest BCUT2D eigenvalue weighted by Gasteiger charge is 2.31. The molecule has 1 aliphatic rings. The Morgan fingerprint density at radius 3 is 2.50 bits per heavy atom. The zero-order chi connectivity index (χ0) is 19.1. The van der Waals surface area contributed by atoms with Gasteiger partial charge in [-0.15, -0.1) is 0 Å². The minimum atomic E-state index is -3.77. The Balaban J connectivity index is 2.11. The Morgan fingerprint density at radius 1 is 1.12 bits per heavy atom. The van der Waals surface area contributed by atoms with Crippen molar-refractivity contribution >= 4 is 47.4 Å². The van der Waals surface area contributed by atoms with Crippen molar-refractivity contribution in [3.05, 3.63) is 52.0 Å². The molecule has 140 valence electrons. The standard InChI is InChI=1S/C17H19BrN2O4S2/c1-12-8-9-17(14(18)11-12)26(23,24)20-10-4-5-13-15(19-25(2,21)22)6-3-7-16(13)20/h3,6-9,11,19H,4-5,10H2,1-2H3. The van der Waals surface area contributed by atoms with E-state index in [9.17, 15) is 16.8 Å². The first-order valence-corrected chi connectivity index (χ1v) is 12.1. The highest BCUT2D eigenvalue weighted by Crippen LogP contribution is 2.37. The Bertz CT molecular complexity index is 1070. The summed E-state index contributed by atoms with van der Waals surface area (Å²) in [4.78, 5) is 0.192. The topological polar surface area (TPSA) is 83.6 Å². The van der Waals surface area contributed by atoms with Gasteiger partial charge in [0, 0.05) is 16.6 Å². The summed E-state index contributed by atoms with van der Waals surface area (Å²) in [5.74, 6) is 0. The van der Waals surface area contributed by atoms with Crippen LogP contribution in [0.3, 0.4) is 0 Å². The van der Waals surface area contributed by atoms with E-state index in [0.29, 0.717) is 40.8 Å². The average molecular weight is 459 g/mol. The van der Waals surface area contributed by atoms with Crippen molar-refractivity contribution in [2.45, 2.75) is 24.7 Å². The number of aryl methyl sites for hydroxylation is 1. The molecule has 0 fully saturated rings. The molecule has 3 rings (SSSR count). The van der Waals surface area contributed by atoms with Crippen molar-refractivity contribution in [1.82, 2.24) is 0 Å². The van der Waals surface area contributed by atoms with Gasteiger partial charge in [0.25, 0.3) is 10.0 Å². The molecule has 0 aliphatic carbocycles. The molecule has 0 saturated carbocycles. The summed E-state index contributed by atoms with van der Waals surface area (Å²) < 4.78 is 54.0. The zero-order valence-corrected chi connectivity index (χ0v) is 17.6. The summed E-state index contributed by atoms with van der Waals surface area (Å²) in [7, 11) is -7.23. The Hall–Kier alpha value is -1.58. The lowest BCUT2D eigenvalue weighted by Crippen LogP contribution is -2.36. The summed E-state index contributed by atoms with van der Waals surface area (Å²) in [6, 6.07) is 10.1. The van der Waals surface area contributed by atoms with Gasteiger partial charge < -0.3 is 0 Å². The van der Waals surface area contributed by atoms with E-state index in [4.69, 9.17) is 0 Å². The van der Waals surface area contributed by atoms with Crippen molar-refractivity contribution < 1.29 is 16.8 Å². The third-order valence-electron chi connectivity index (χ3n) is 4.16. The third kappa shape index (κ3) is 3.74. The monoisotopic (exact) mass is 458 g/mol. The molecular formula is C17H19BrN2O4S2. The second-order valence-corrected chi connectivity index (χ2v) is 10.7. The van der Waals surface area contributed by atoms with E-state index in [1.807, 2.05) is 6.92 Å². The third-order valence-corrected chi connectivity index (χ3v) is 7.54. The van der Waals surface area contributed by atoms with Crippen LogP contribution in [0.1, 0.15) is 17.5 Å². The SMILES string of the molecule is Cc1ccc(S(=O)(=O)N2CCCc3c(NS(C)(=O)=O)cccc32)c(Br)c1. The number of nitrogens with one attached hydrogen (secondary N) is 1. The Kier molecular flexibility index (Phi) is 5.06. The van der Waals surface area contributed by atoms with Gasteiger partial charge in [-0.1, -0.05) is 12.1 Å². The second-order valence-electron chi connectivity index (χ2n) is 6.29. The first kappa shape index (κ1) is 19.2. The van der Waals surface area contributed by atoms with Crippen LogP contribution in [-0.4, -0.2) is 29.6 Å². The average Bonchev–Trinajstić information content (AvgIpc) is 2.52. The van der Waals surface area contributed by atoms with Gasteiger partial charge in [0.05, 0.1) is 17.6 Å². The van der Waals surface area contributed by atoms with Gasteiger partial charge in [0.2, 0.25) is 10.0 Å². The highest BCUT2D eigenvalue weighted by atomic mass is 79.9. The predicted octanol–water partition coefficient (Wildman–Crippen LogP) is 3.27. The number of sulfonamides is 2. The van der Waals surface area contributed by atoms with Crippen LogP contribution in [0.4, 0.5) is 11.4 Å². The quantitative estimate of drug-likeness (QED) is 0.761. The molecule has 0 aromatic heterocycles. The maximum atomic E-state index is 13.2. The highest BCUT2D eigenvalue weighted by molar-refractivity contribution is 9.10. The molecule has 0 radical (unpaired) electrons. The van der Waals surface area contributed by atoms with E-state index in [1.54, 1.807) is 36.4 Å². The molecule has 0 spiro atoms. The van der Waals surface area contributed by atoms with Crippen LogP contribution >= 0.6 is 15.9 Å². The van der Waals surface area contributed by atoms with Crippen LogP contribution in [-0.2, 0) is 26.5 Å². The number of anilines is 2. The van der Waals surface area contributed by atoms with Gasteiger partial charge in [-0.25, -0.2) is 16.8 Å². The zero-order valence-electron chi connectivity index (χ0n) is 14.4. The summed E-state index contributed by atoms with van der Waals surface area (Å²) in [6.07, 6.45) is 2.29. The summed E-state index contributed by atoms with van der Waals surface area (Å²) in [5.41, 5.74) is 2.58. The molecular weight excluding hydrogens is 440 g/mol. The van der Waals surface area contributed by atoms with E-state index in [2.05, 4.69) is 20.7 Å². The molecule has 2 aromatic carbocycles. The van der Waals surface area contributed by atoms with E-state index < -0.39 is 20.0 Å². The van der Waals surface area contributed by atoms with Crippen LogP contribution in [0.15, 0.2) is 45.8 Å². The second kappa shape index (κ2) is 6.86. The van der Waals surface area contributed by atoms with Gasteiger partial charge in [-0.3, -0.25) is 9.03 Å². The molecule has 0 saturated heterocycles. The van der Waals surface area contributed by atoms with E-state index in [0.717, 1.165) is 11.8 Å². The van der Waals surface area contributed by atoms with Crippen molar-refractivity contribution in [2.75, 3.05) is 21.8 Å². The molecule has 0 atom stereocenters. The van der Waals surface area contributed by atoms with Crippen molar-refractivity contribution in [3.8, 4) is 0 Å². The molecule has 1 aliphatic heterocycles. The molecule has 9 heteroatoms. The summed E-state index contributed by atoms with van der Waals surface area (Å²) in [5, 5.41) is 0. The summed E-state index contributed by atoms with van der Waals surface area (Å²) >= 11 is 3.35. The maximum absolute atomic E-state index is 13.2. The first-order chi connectivity index (χ1) is 12.1. The van der Waals surface area contributed by atoms with E-state index in [-0.39, 0.29) is 4.90 Å². The number of nitrogens with zero attached hydrogens (tertiary/aromatic N) is 1. The molecule has 1 N–H and O–H groups in total. The number of benzene rings is 2. The van der Waals surface area contributed by atoms with Crippen LogP contribution in [0.5, 0.6) is 0 Å². The predicted molar refractivity (Wildman–Crippen MR) is 107 cm³/mol. The van der Waals surface area contributed by atoms with E-state index >= 15 is 0 Å². The van der Waals surface area contributed by atoms with Crippen molar-refractivity contribution in [1.29, 1.82) is 0 Å². The first-order valence-electron chi connectivity index (χ1n) is 7.98.